The van der Waals surface area contributed by atoms with E-state index in [1.54, 1.807) is 11.3 Å². The van der Waals surface area contributed by atoms with Crippen LogP contribution in [0, 0.1) is 5.92 Å². The van der Waals surface area contributed by atoms with Gasteiger partial charge in [0.05, 0.1) is 13.2 Å². The van der Waals surface area contributed by atoms with Gasteiger partial charge in [0.1, 0.15) is 5.01 Å². The van der Waals surface area contributed by atoms with E-state index in [1.165, 1.54) is 4.88 Å². The van der Waals surface area contributed by atoms with E-state index in [4.69, 9.17) is 9.47 Å². The number of likely N-dealkylation sites (tertiary alicyclic amines) is 1. The molecule has 2 aliphatic heterocycles. The van der Waals surface area contributed by atoms with Gasteiger partial charge in [0.15, 0.2) is 0 Å². The summed E-state index contributed by atoms with van der Waals surface area (Å²) in [6.07, 6.45) is 3.40. The van der Waals surface area contributed by atoms with Crippen molar-refractivity contribution in [1.29, 1.82) is 0 Å². The number of benzene rings is 1. The molecule has 6 nitrogen and oxygen atoms in total. The van der Waals surface area contributed by atoms with E-state index in [1.807, 2.05) is 36.5 Å². The molecule has 3 heterocycles. The Morgan fingerprint density at radius 1 is 1.19 bits per heavy atom. The topological polar surface area (TPSA) is 63.7 Å². The maximum atomic E-state index is 12.4. The fraction of sp³-hybridized carbons (Fsp3) is 0.474. The molecule has 1 N–H and O–H groups in total. The molecule has 0 spiro atoms. The molecule has 1 aromatic carbocycles. The number of piperidine rings is 1. The fourth-order valence-electron chi connectivity index (χ4n) is 3.35. The molecular formula is C19H23N3O3S. The van der Waals surface area contributed by atoms with Crippen LogP contribution in [0.1, 0.15) is 29.0 Å². The zero-order chi connectivity index (χ0) is 17.8. The molecular weight excluding hydrogens is 350 g/mol. The van der Waals surface area contributed by atoms with Gasteiger partial charge in [-0.15, -0.1) is 11.3 Å². The van der Waals surface area contributed by atoms with Crippen molar-refractivity contribution in [2.24, 2.45) is 5.92 Å². The number of hydrogen-bond acceptors (Lipinski definition) is 6. The molecule has 0 aliphatic carbocycles. The van der Waals surface area contributed by atoms with Crippen molar-refractivity contribution in [2.45, 2.75) is 25.7 Å². The fourth-order valence-corrected chi connectivity index (χ4v) is 4.30. The molecule has 2 aliphatic rings. The highest BCUT2D eigenvalue weighted by atomic mass is 32.1. The van der Waals surface area contributed by atoms with Crippen molar-refractivity contribution in [3.8, 4) is 0 Å². The summed E-state index contributed by atoms with van der Waals surface area (Å²) in [5.74, 6) is 0.218. The molecule has 138 valence electrons. The first kappa shape index (κ1) is 17.6. The maximum absolute atomic E-state index is 12.4. The lowest BCUT2D eigenvalue weighted by Crippen LogP contribution is -2.37. The summed E-state index contributed by atoms with van der Waals surface area (Å²) < 4.78 is 11.0. The van der Waals surface area contributed by atoms with Gasteiger partial charge in [-0.05, 0) is 38.1 Å². The van der Waals surface area contributed by atoms with Crippen molar-refractivity contribution < 1.29 is 14.3 Å². The van der Waals surface area contributed by atoms with Gasteiger partial charge < -0.3 is 14.8 Å². The number of rotatable bonds is 5. The van der Waals surface area contributed by atoms with Gasteiger partial charge in [-0.1, -0.05) is 18.2 Å². The summed E-state index contributed by atoms with van der Waals surface area (Å²) in [4.78, 5) is 20.5. The average molecular weight is 373 g/mol. The minimum atomic E-state index is -0.291. The van der Waals surface area contributed by atoms with Crippen LogP contribution in [0.15, 0.2) is 36.5 Å². The predicted molar refractivity (Wildman–Crippen MR) is 99.8 cm³/mol. The Labute approximate surface area is 157 Å². The van der Waals surface area contributed by atoms with Crippen molar-refractivity contribution >= 4 is 22.9 Å². The number of carbonyl (C=O) groups excluding carboxylic acids is 1. The second-order valence-corrected chi connectivity index (χ2v) is 7.79. The van der Waals surface area contributed by atoms with Gasteiger partial charge in [-0.3, -0.25) is 9.69 Å². The number of aromatic nitrogens is 1. The SMILES string of the molecule is O=C(Nc1ccccc1)C1CCN(Cc2cnc(C3OCCO3)s2)CC1. The van der Waals surface area contributed by atoms with Crippen LogP contribution >= 0.6 is 11.3 Å². The lowest BCUT2D eigenvalue weighted by molar-refractivity contribution is -0.121. The van der Waals surface area contributed by atoms with Crippen LogP contribution in [0.5, 0.6) is 0 Å². The number of thiazole rings is 1. The van der Waals surface area contributed by atoms with E-state index in [-0.39, 0.29) is 18.1 Å². The molecule has 1 aromatic heterocycles. The van der Waals surface area contributed by atoms with Gasteiger partial charge in [0, 0.05) is 29.2 Å². The van der Waals surface area contributed by atoms with Crippen LogP contribution < -0.4 is 5.32 Å². The third-order valence-corrected chi connectivity index (χ3v) is 5.78. The number of hydrogen-bond donors (Lipinski definition) is 1. The van der Waals surface area contributed by atoms with Crippen LogP contribution in [-0.2, 0) is 20.8 Å². The lowest BCUT2D eigenvalue weighted by Gasteiger charge is -2.30. The molecule has 2 fully saturated rings. The number of anilines is 1. The van der Waals surface area contributed by atoms with E-state index in [0.717, 1.165) is 43.2 Å². The van der Waals surface area contributed by atoms with Crippen LogP contribution in [0.2, 0.25) is 0 Å². The summed E-state index contributed by atoms with van der Waals surface area (Å²) in [5.41, 5.74) is 0.869. The van der Waals surface area contributed by atoms with Gasteiger partial charge in [0.25, 0.3) is 0 Å². The van der Waals surface area contributed by atoms with Crippen LogP contribution in [0.3, 0.4) is 0 Å². The second kappa shape index (κ2) is 8.26. The maximum Gasteiger partial charge on any atom is 0.227 e. The first-order chi connectivity index (χ1) is 12.8. The van der Waals surface area contributed by atoms with E-state index in [0.29, 0.717) is 13.2 Å². The van der Waals surface area contributed by atoms with Crippen molar-refractivity contribution in [2.75, 3.05) is 31.6 Å². The van der Waals surface area contributed by atoms with E-state index in [2.05, 4.69) is 15.2 Å². The largest absolute Gasteiger partial charge is 0.344 e. The molecule has 2 aromatic rings. The molecule has 7 heteroatoms. The molecule has 0 unspecified atom stereocenters. The number of para-hydroxylation sites is 1. The van der Waals surface area contributed by atoms with Gasteiger partial charge in [-0.2, -0.15) is 0 Å². The van der Waals surface area contributed by atoms with Crippen molar-refractivity contribution in [1.82, 2.24) is 9.88 Å². The zero-order valence-electron chi connectivity index (χ0n) is 14.6. The van der Waals surface area contributed by atoms with Gasteiger partial charge >= 0.3 is 0 Å². The van der Waals surface area contributed by atoms with Crippen molar-refractivity contribution in [3.05, 3.63) is 46.4 Å². The third-order valence-electron chi connectivity index (χ3n) is 4.77. The Balaban J connectivity index is 1.25. The minimum absolute atomic E-state index is 0.0868. The zero-order valence-corrected chi connectivity index (χ0v) is 15.4. The number of carbonyl (C=O) groups is 1. The Hall–Kier alpha value is -1.80. The quantitative estimate of drug-likeness (QED) is 0.873. The highest BCUT2D eigenvalue weighted by Crippen LogP contribution is 2.29. The minimum Gasteiger partial charge on any atom is -0.344 e. The summed E-state index contributed by atoms with van der Waals surface area (Å²) in [7, 11) is 0. The Bertz CT molecular complexity index is 723. The molecule has 2 saturated heterocycles. The third kappa shape index (κ3) is 4.29. The van der Waals surface area contributed by atoms with E-state index in [9.17, 15) is 4.79 Å². The molecule has 26 heavy (non-hydrogen) atoms. The Kier molecular flexibility index (Phi) is 5.59. The first-order valence-electron chi connectivity index (χ1n) is 9.04. The molecule has 4 rings (SSSR count). The van der Waals surface area contributed by atoms with E-state index < -0.39 is 0 Å². The molecule has 1 amide bonds. The Morgan fingerprint density at radius 2 is 1.92 bits per heavy atom. The lowest BCUT2D eigenvalue weighted by atomic mass is 9.96. The second-order valence-electron chi connectivity index (χ2n) is 6.64. The molecule has 0 atom stereocenters. The summed E-state index contributed by atoms with van der Waals surface area (Å²) in [5, 5.41) is 3.92. The number of nitrogens with zero attached hydrogens (tertiary/aromatic N) is 2. The predicted octanol–water partition coefficient (Wildman–Crippen LogP) is 3.04. The molecule has 0 saturated carbocycles. The van der Waals surface area contributed by atoms with E-state index >= 15 is 0 Å². The highest BCUT2D eigenvalue weighted by Gasteiger charge is 2.26. The van der Waals surface area contributed by atoms with Gasteiger partial charge in [0.2, 0.25) is 12.2 Å². The van der Waals surface area contributed by atoms with Crippen LogP contribution in [-0.4, -0.2) is 42.1 Å². The molecule has 0 bridgehead atoms. The van der Waals surface area contributed by atoms with Gasteiger partial charge in [-0.25, -0.2) is 4.98 Å². The Morgan fingerprint density at radius 3 is 2.65 bits per heavy atom. The standard InChI is InChI=1S/C19H23N3O3S/c23-17(21-15-4-2-1-3-5-15)14-6-8-22(9-7-14)13-16-12-20-18(26-16)19-24-10-11-25-19/h1-5,12,14,19H,6-11,13H2,(H,21,23). The smallest absolute Gasteiger partial charge is 0.227 e. The summed E-state index contributed by atoms with van der Waals surface area (Å²) in [6, 6.07) is 9.66. The van der Waals surface area contributed by atoms with Crippen LogP contribution in [0.4, 0.5) is 5.69 Å². The number of nitrogens with one attached hydrogen (secondary N) is 1. The normalized spacial score (nSPS) is 19.7. The summed E-state index contributed by atoms with van der Waals surface area (Å²) in [6.45, 7) is 4.00. The first-order valence-corrected chi connectivity index (χ1v) is 9.85. The van der Waals surface area contributed by atoms with Crippen LogP contribution in [0.25, 0.3) is 0 Å². The highest BCUT2D eigenvalue weighted by molar-refractivity contribution is 7.11. The average Bonchev–Trinajstić information content (AvgIpc) is 3.35. The van der Waals surface area contributed by atoms with Crippen molar-refractivity contribution in [3.63, 3.8) is 0 Å². The number of ether oxygens (including phenoxy) is 2. The summed E-state index contributed by atoms with van der Waals surface area (Å²) >= 11 is 1.65. The number of amides is 1. The molecule has 0 radical (unpaired) electrons. The monoisotopic (exact) mass is 373 g/mol.